The molecule has 2 aromatic carbocycles. The van der Waals surface area contributed by atoms with Crippen LogP contribution in [-0.4, -0.2) is 9.55 Å². The molecule has 3 aromatic rings. The van der Waals surface area contributed by atoms with E-state index in [-0.39, 0.29) is 11.7 Å². The summed E-state index contributed by atoms with van der Waals surface area (Å²) in [4.78, 5) is 4.45. The minimum atomic E-state index is -0.333. The molecule has 0 spiro atoms. The maximum Gasteiger partial charge on any atom is 0.129 e. The van der Waals surface area contributed by atoms with Gasteiger partial charge in [-0.25, -0.2) is 9.37 Å². The molecule has 0 saturated carbocycles. The predicted octanol–water partition coefficient (Wildman–Crippen LogP) is 4.54. The van der Waals surface area contributed by atoms with Gasteiger partial charge < -0.3 is 0 Å². The molecule has 0 bridgehead atoms. The fraction of sp³-hybridized carbons (Fsp3) is 0.0667. The van der Waals surface area contributed by atoms with Crippen molar-refractivity contribution in [1.29, 1.82) is 5.26 Å². The van der Waals surface area contributed by atoms with Gasteiger partial charge in [0.15, 0.2) is 0 Å². The summed E-state index contributed by atoms with van der Waals surface area (Å²) >= 11 is 9.33. The quantitative estimate of drug-likeness (QED) is 0.627. The average Bonchev–Trinajstić information content (AvgIpc) is 2.84. The Morgan fingerprint density at radius 3 is 2.76 bits per heavy atom. The molecular weight excluding hydrogens is 357 g/mol. The van der Waals surface area contributed by atoms with Crippen LogP contribution in [0.15, 0.2) is 40.9 Å². The molecule has 3 rings (SSSR count). The number of fused-ring (bicyclic) bond motifs is 1. The molecule has 0 aliphatic heterocycles. The molecule has 0 radical (unpaired) electrons. The summed E-state index contributed by atoms with van der Waals surface area (Å²) in [5.41, 5.74) is 2.76. The fourth-order valence-electron chi connectivity index (χ4n) is 2.22. The molecular formula is C15H8BrClFN3. The lowest BCUT2D eigenvalue weighted by molar-refractivity contribution is 0.626. The molecule has 1 aromatic heterocycles. The van der Waals surface area contributed by atoms with E-state index >= 15 is 0 Å². The summed E-state index contributed by atoms with van der Waals surface area (Å²) in [6.45, 7) is 0. The Kier molecular flexibility index (Phi) is 3.66. The Morgan fingerprint density at radius 2 is 2.10 bits per heavy atom. The Bertz CT molecular complexity index is 882. The van der Waals surface area contributed by atoms with E-state index in [1.807, 2.05) is 4.57 Å². The highest BCUT2D eigenvalue weighted by Gasteiger charge is 2.14. The van der Waals surface area contributed by atoms with E-state index in [0.29, 0.717) is 15.9 Å². The molecule has 0 aliphatic carbocycles. The molecule has 0 amide bonds. The number of hydrogen-bond donors (Lipinski definition) is 0. The Labute approximate surface area is 133 Å². The number of nitriles is 1. The normalized spacial score (nSPS) is 10.8. The zero-order valence-corrected chi connectivity index (χ0v) is 13.0. The smallest absolute Gasteiger partial charge is 0.129 e. The van der Waals surface area contributed by atoms with Gasteiger partial charge in [0, 0.05) is 4.47 Å². The van der Waals surface area contributed by atoms with Crippen LogP contribution in [0.2, 0.25) is 0 Å². The lowest BCUT2D eigenvalue weighted by Gasteiger charge is -2.10. The molecule has 3 nitrogen and oxygen atoms in total. The monoisotopic (exact) mass is 363 g/mol. The second-order valence-corrected chi connectivity index (χ2v) is 5.53. The van der Waals surface area contributed by atoms with Crippen molar-refractivity contribution in [3.8, 4) is 11.8 Å². The van der Waals surface area contributed by atoms with Gasteiger partial charge in [-0.3, -0.25) is 4.57 Å². The summed E-state index contributed by atoms with van der Waals surface area (Å²) in [6.07, 6.45) is 0. The third-order valence-electron chi connectivity index (χ3n) is 3.12. The van der Waals surface area contributed by atoms with Crippen LogP contribution in [-0.2, 0) is 5.88 Å². The van der Waals surface area contributed by atoms with Gasteiger partial charge in [-0.1, -0.05) is 0 Å². The third-order valence-corrected chi connectivity index (χ3v) is 4.00. The lowest BCUT2D eigenvalue weighted by Crippen LogP contribution is -2.00. The van der Waals surface area contributed by atoms with Crippen LogP contribution in [0.1, 0.15) is 11.4 Å². The van der Waals surface area contributed by atoms with Crippen molar-refractivity contribution in [2.75, 3.05) is 0 Å². The molecule has 6 heteroatoms. The number of alkyl halides is 1. The second-order valence-electron chi connectivity index (χ2n) is 4.41. The van der Waals surface area contributed by atoms with Crippen LogP contribution < -0.4 is 0 Å². The minimum absolute atomic E-state index is 0.209. The summed E-state index contributed by atoms with van der Waals surface area (Å²) in [5.74, 6) is 0.509. The number of hydrogen-bond acceptors (Lipinski definition) is 2. The van der Waals surface area contributed by atoms with Crippen LogP contribution >= 0.6 is 27.5 Å². The van der Waals surface area contributed by atoms with E-state index in [4.69, 9.17) is 16.9 Å². The molecule has 0 unspecified atom stereocenters. The van der Waals surface area contributed by atoms with E-state index < -0.39 is 0 Å². The van der Waals surface area contributed by atoms with Gasteiger partial charge >= 0.3 is 0 Å². The number of aromatic nitrogens is 2. The highest BCUT2D eigenvalue weighted by Crippen LogP contribution is 2.29. The number of halogens is 3. The summed E-state index contributed by atoms with van der Waals surface area (Å²) < 4.78 is 15.7. The first-order chi connectivity index (χ1) is 10.1. The lowest BCUT2D eigenvalue weighted by atomic mass is 10.2. The third kappa shape index (κ3) is 2.41. The summed E-state index contributed by atoms with van der Waals surface area (Å²) in [6, 6.07) is 11.7. The van der Waals surface area contributed by atoms with Crippen molar-refractivity contribution >= 4 is 38.6 Å². The first-order valence-corrected chi connectivity index (χ1v) is 7.39. The number of imidazole rings is 1. The van der Waals surface area contributed by atoms with E-state index in [1.165, 1.54) is 12.1 Å². The number of benzene rings is 2. The Morgan fingerprint density at radius 1 is 1.29 bits per heavy atom. The molecule has 1 heterocycles. The average molecular weight is 365 g/mol. The number of rotatable bonds is 2. The summed E-state index contributed by atoms with van der Waals surface area (Å²) in [5, 5.41) is 9.05. The standard InChI is InChI=1S/C15H8BrClFN3/c16-11-6-10(18)2-4-13(11)21-14-5-9(8-19)1-3-12(14)20-15(21)7-17/h1-6H,7H2. The Balaban J connectivity index is 2.36. The minimum Gasteiger partial charge on any atom is -0.294 e. The highest BCUT2D eigenvalue weighted by molar-refractivity contribution is 9.10. The van der Waals surface area contributed by atoms with Crippen molar-refractivity contribution in [2.45, 2.75) is 5.88 Å². The zero-order chi connectivity index (χ0) is 15.0. The molecule has 104 valence electrons. The maximum atomic E-state index is 13.3. The fourth-order valence-corrected chi connectivity index (χ4v) is 2.92. The Hall–Kier alpha value is -1.90. The van der Waals surface area contributed by atoms with Crippen LogP contribution in [0.5, 0.6) is 0 Å². The van der Waals surface area contributed by atoms with Crippen LogP contribution in [0.25, 0.3) is 16.7 Å². The molecule has 0 saturated heterocycles. The van der Waals surface area contributed by atoms with Crippen molar-refractivity contribution < 1.29 is 4.39 Å². The first-order valence-electron chi connectivity index (χ1n) is 6.07. The van der Waals surface area contributed by atoms with Crippen molar-refractivity contribution in [3.63, 3.8) is 0 Å². The van der Waals surface area contributed by atoms with Gasteiger partial charge in [-0.05, 0) is 52.3 Å². The van der Waals surface area contributed by atoms with E-state index in [9.17, 15) is 4.39 Å². The SMILES string of the molecule is N#Cc1ccc2nc(CCl)n(-c3ccc(F)cc3Br)c2c1. The maximum absolute atomic E-state index is 13.3. The van der Waals surface area contributed by atoms with Gasteiger partial charge in [-0.15, -0.1) is 11.6 Å². The van der Waals surface area contributed by atoms with Gasteiger partial charge in [0.25, 0.3) is 0 Å². The number of nitrogens with zero attached hydrogens (tertiary/aromatic N) is 3. The van der Waals surface area contributed by atoms with Crippen LogP contribution in [0.3, 0.4) is 0 Å². The first kappa shape index (κ1) is 14.1. The zero-order valence-electron chi connectivity index (χ0n) is 10.6. The van der Waals surface area contributed by atoms with Crippen LogP contribution in [0, 0.1) is 17.1 Å². The largest absolute Gasteiger partial charge is 0.294 e. The molecule has 0 N–H and O–H groups in total. The van der Waals surface area contributed by atoms with Gasteiger partial charge in [-0.2, -0.15) is 5.26 Å². The molecule has 0 atom stereocenters. The van der Waals surface area contributed by atoms with Gasteiger partial charge in [0.2, 0.25) is 0 Å². The predicted molar refractivity (Wildman–Crippen MR) is 83.0 cm³/mol. The van der Waals surface area contributed by atoms with Crippen molar-refractivity contribution in [1.82, 2.24) is 9.55 Å². The van der Waals surface area contributed by atoms with Gasteiger partial charge in [0.05, 0.1) is 34.2 Å². The van der Waals surface area contributed by atoms with E-state index in [0.717, 1.165) is 16.7 Å². The molecule has 21 heavy (non-hydrogen) atoms. The molecule has 0 fully saturated rings. The van der Waals surface area contributed by atoms with Crippen molar-refractivity contribution in [3.05, 3.63) is 58.1 Å². The summed E-state index contributed by atoms with van der Waals surface area (Å²) in [7, 11) is 0. The van der Waals surface area contributed by atoms with E-state index in [1.54, 1.807) is 24.3 Å². The van der Waals surface area contributed by atoms with Gasteiger partial charge in [0.1, 0.15) is 11.6 Å². The second kappa shape index (κ2) is 5.47. The van der Waals surface area contributed by atoms with Crippen molar-refractivity contribution in [2.24, 2.45) is 0 Å². The highest BCUT2D eigenvalue weighted by atomic mass is 79.9. The molecule has 0 aliphatic rings. The van der Waals surface area contributed by atoms with Crippen LogP contribution in [0.4, 0.5) is 4.39 Å². The topological polar surface area (TPSA) is 41.6 Å². The van der Waals surface area contributed by atoms with E-state index in [2.05, 4.69) is 27.0 Å².